The van der Waals surface area contributed by atoms with Crippen LogP contribution in [0, 0.1) is 19.8 Å². The Kier molecular flexibility index (Phi) is 3.69. The predicted molar refractivity (Wildman–Crippen MR) is 63.1 cm³/mol. The van der Waals surface area contributed by atoms with Gasteiger partial charge in [-0.3, -0.25) is 4.79 Å². The van der Waals surface area contributed by atoms with Crippen molar-refractivity contribution in [2.24, 2.45) is 11.7 Å². The lowest BCUT2D eigenvalue weighted by atomic mass is 10.0. The van der Waals surface area contributed by atoms with Crippen molar-refractivity contribution < 1.29 is 0 Å². The van der Waals surface area contributed by atoms with Crippen LogP contribution in [0.5, 0.6) is 0 Å². The first-order valence-corrected chi connectivity index (χ1v) is 5.37. The summed E-state index contributed by atoms with van der Waals surface area (Å²) in [4.78, 5) is 11.3. The van der Waals surface area contributed by atoms with Crippen LogP contribution in [0.1, 0.15) is 31.3 Å². The van der Waals surface area contributed by atoms with E-state index >= 15 is 0 Å². The topological polar surface area (TPSA) is 48.0 Å². The van der Waals surface area contributed by atoms with Gasteiger partial charge >= 0.3 is 0 Å². The fraction of sp³-hybridized carbons (Fsp3) is 0.583. The predicted octanol–water partition coefficient (Wildman–Crippen LogP) is 1.62. The number of aromatic nitrogens is 1. The minimum atomic E-state index is 0.0702. The van der Waals surface area contributed by atoms with Crippen LogP contribution in [0.2, 0.25) is 0 Å². The van der Waals surface area contributed by atoms with E-state index in [1.165, 1.54) is 0 Å². The Balaban J connectivity index is 3.29. The molecule has 0 saturated carbocycles. The van der Waals surface area contributed by atoms with Crippen molar-refractivity contribution in [2.75, 3.05) is 6.54 Å². The third kappa shape index (κ3) is 2.48. The van der Waals surface area contributed by atoms with Crippen molar-refractivity contribution >= 4 is 0 Å². The first-order chi connectivity index (χ1) is 6.97. The van der Waals surface area contributed by atoms with Crippen LogP contribution >= 0.6 is 0 Å². The number of nitrogens with zero attached hydrogens (tertiary/aromatic N) is 1. The Labute approximate surface area is 90.9 Å². The number of pyridine rings is 1. The molecule has 1 unspecified atom stereocenters. The van der Waals surface area contributed by atoms with Gasteiger partial charge in [-0.25, -0.2) is 0 Å². The maximum atomic E-state index is 11.3. The van der Waals surface area contributed by atoms with Gasteiger partial charge in [-0.05, 0) is 19.8 Å². The zero-order valence-electron chi connectivity index (χ0n) is 9.95. The van der Waals surface area contributed by atoms with Crippen LogP contribution in [-0.4, -0.2) is 11.1 Å². The molecule has 2 N–H and O–H groups in total. The Bertz CT molecular complexity index is 367. The molecule has 3 nitrogen and oxygen atoms in total. The molecule has 0 aliphatic heterocycles. The summed E-state index contributed by atoms with van der Waals surface area (Å²) < 4.78 is 2.16. The Morgan fingerprint density at radius 3 is 2.07 bits per heavy atom. The molecule has 15 heavy (non-hydrogen) atoms. The summed E-state index contributed by atoms with van der Waals surface area (Å²) in [5, 5.41) is 0. The largest absolute Gasteiger partial charge is 0.344 e. The van der Waals surface area contributed by atoms with Crippen LogP contribution < -0.4 is 11.2 Å². The van der Waals surface area contributed by atoms with E-state index in [1.54, 1.807) is 12.1 Å². The first kappa shape index (κ1) is 12.0. The highest BCUT2D eigenvalue weighted by atomic mass is 16.1. The van der Waals surface area contributed by atoms with Gasteiger partial charge in [-0.15, -0.1) is 0 Å². The summed E-state index contributed by atoms with van der Waals surface area (Å²) in [5.74, 6) is 0.468. The van der Waals surface area contributed by atoms with Gasteiger partial charge in [0.05, 0.1) is 0 Å². The number of nitrogens with two attached hydrogens (primary N) is 1. The number of aryl methyl sites for hydroxylation is 2. The van der Waals surface area contributed by atoms with Crippen LogP contribution in [0.3, 0.4) is 0 Å². The zero-order chi connectivity index (χ0) is 11.6. The van der Waals surface area contributed by atoms with Crippen LogP contribution in [0.25, 0.3) is 0 Å². The second-order valence-electron chi connectivity index (χ2n) is 4.39. The van der Waals surface area contributed by atoms with Crippen molar-refractivity contribution in [2.45, 2.75) is 33.7 Å². The molecule has 1 heterocycles. The first-order valence-electron chi connectivity index (χ1n) is 5.37. The SMILES string of the molecule is Cc1cc(=O)cc(C)n1C(CN)C(C)C. The standard InChI is InChI=1S/C12H20N2O/c1-8(2)12(7-13)14-9(3)5-11(15)6-10(14)4/h5-6,8,12H,7,13H2,1-4H3. The van der Waals surface area contributed by atoms with E-state index in [-0.39, 0.29) is 11.5 Å². The second-order valence-corrected chi connectivity index (χ2v) is 4.39. The van der Waals surface area contributed by atoms with Gasteiger partial charge in [0.25, 0.3) is 0 Å². The molecule has 1 aromatic heterocycles. The average molecular weight is 208 g/mol. The van der Waals surface area contributed by atoms with Gasteiger partial charge in [0, 0.05) is 36.1 Å². The molecule has 0 aromatic carbocycles. The third-order valence-corrected chi connectivity index (χ3v) is 2.80. The molecule has 0 amide bonds. The zero-order valence-corrected chi connectivity index (χ0v) is 9.95. The summed E-state index contributed by atoms with van der Waals surface area (Å²) in [5.41, 5.74) is 7.83. The van der Waals surface area contributed by atoms with Crippen molar-refractivity contribution in [3.05, 3.63) is 33.7 Å². The molecule has 0 saturated heterocycles. The molecule has 3 heteroatoms. The Morgan fingerprint density at radius 1 is 1.27 bits per heavy atom. The minimum absolute atomic E-state index is 0.0702. The van der Waals surface area contributed by atoms with Crippen molar-refractivity contribution in [1.82, 2.24) is 4.57 Å². The summed E-state index contributed by atoms with van der Waals surface area (Å²) >= 11 is 0. The maximum Gasteiger partial charge on any atom is 0.182 e. The molecular formula is C12H20N2O. The van der Waals surface area contributed by atoms with Gasteiger partial charge < -0.3 is 10.3 Å². The summed E-state index contributed by atoms with van der Waals surface area (Å²) in [6.45, 7) is 8.81. The van der Waals surface area contributed by atoms with Crippen molar-refractivity contribution in [3.63, 3.8) is 0 Å². The normalized spacial score (nSPS) is 13.2. The quantitative estimate of drug-likeness (QED) is 0.820. The van der Waals surface area contributed by atoms with E-state index in [4.69, 9.17) is 5.73 Å². The molecule has 0 fully saturated rings. The maximum absolute atomic E-state index is 11.3. The molecule has 0 radical (unpaired) electrons. The highest BCUT2D eigenvalue weighted by molar-refractivity contribution is 5.14. The molecular weight excluding hydrogens is 188 g/mol. The fourth-order valence-corrected chi connectivity index (χ4v) is 2.07. The number of hydrogen-bond donors (Lipinski definition) is 1. The van der Waals surface area contributed by atoms with Gasteiger partial charge in [0.2, 0.25) is 0 Å². The van der Waals surface area contributed by atoms with Gasteiger partial charge in [-0.2, -0.15) is 0 Å². The molecule has 0 bridgehead atoms. The van der Waals surface area contributed by atoms with E-state index in [0.717, 1.165) is 11.4 Å². The highest BCUT2D eigenvalue weighted by Gasteiger charge is 2.16. The molecule has 1 atom stereocenters. The lowest BCUT2D eigenvalue weighted by molar-refractivity contribution is 0.371. The molecule has 1 rings (SSSR count). The number of rotatable bonds is 3. The van der Waals surface area contributed by atoms with E-state index in [0.29, 0.717) is 12.5 Å². The van der Waals surface area contributed by atoms with E-state index in [2.05, 4.69) is 18.4 Å². The Morgan fingerprint density at radius 2 is 1.73 bits per heavy atom. The summed E-state index contributed by atoms with van der Waals surface area (Å²) in [6.07, 6.45) is 0. The minimum Gasteiger partial charge on any atom is -0.344 e. The Hall–Kier alpha value is -1.09. The second kappa shape index (κ2) is 4.62. The fourth-order valence-electron chi connectivity index (χ4n) is 2.07. The van der Waals surface area contributed by atoms with Crippen LogP contribution in [0.4, 0.5) is 0 Å². The van der Waals surface area contributed by atoms with Gasteiger partial charge in [0.15, 0.2) is 5.43 Å². The molecule has 84 valence electrons. The lowest BCUT2D eigenvalue weighted by Crippen LogP contribution is -2.28. The van der Waals surface area contributed by atoms with Gasteiger partial charge in [0.1, 0.15) is 0 Å². The third-order valence-electron chi connectivity index (χ3n) is 2.80. The number of hydrogen-bond acceptors (Lipinski definition) is 2. The highest BCUT2D eigenvalue weighted by Crippen LogP contribution is 2.19. The van der Waals surface area contributed by atoms with Gasteiger partial charge in [-0.1, -0.05) is 13.8 Å². The lowest BCUT2D eigenvalue weighted by Gasteiger charge is -2.27. The van der Waals surface area contributed by atoms with Crippen LogP contribution in [0.15, 0.2) is 16.9 Å². The van der Waals surface area contributed by atoms with E-state index in [1.807, 2.05) is 13.8 Å². The smallest absolute Gasteiger partial charge is 0.182 e. The van der Waals surface area contributed by atoms with E-state index < -0.39 is 0 Å². The summed E-state index contributed by atoms with van der Waals surface area (Å²) in [7, 11) is 0. The molecule has 0 aliphatic rings. The summed E-state index contributed by atoms with van der Waals surface area (Å²) in [6, 6.07) is 3.60. The average Bonchev–Trinajstić information content (AvgIpc) is 2.09. The van der Waals surface area contributed by atoms with Crippen LogP contribution in [-0.2, 0) is 0 Å². The monoisotopic (exact) mass is 208 g/mol. The molecule has 0 spiro atoms. The molecule has 0 aliphatic carbocycles. The van der Waals surface area contributed by atoms with Crippen molar-refractivity contribution in [1.29, 1.82) is 0 Å². The van der Waals surface area contributed by atoms with Crippen molar-refractivity contribution in [3.8, 4) is 0 Å². The molecule has 1 aromatic rings. The van der Waals surface area contributed by atoms with E-state index in [9.17, 15) is 4.79 Å².